The number of aliphatic hydroxyl groups excluding tert-OH is 1. The quantitative estimate of drug-likeness (QED) is 0.923. The molecule has 0 aromatic carbocycles. The van der Waals surface area contributed by atoms with Crippen LogP contribution in [0, 0.1) is 0 Å². The fraction of sp³-hybridized carbons (Fsp3) is 0.636. The lowest BCUT2D eigenvalue weighted by molar-refractivity contribution is 0.261. The Morgan fingerprint density at radius 3 is 2.81 bits per heavy atom. The van der Waals surface area contributed by atoms with E-state index < -0.39 is 0 Å². The van der Waals surface area contributed by atoms with Crippen LogP contribution in [0.5, 0.6) is 0 Å². The first kappa shape index (κ1) is 11.8. The van der Waals surface area contributed by atoms with Gasteiger partial charge in [0.1, 0.15) is 0 Å². The summed E-state index contributed by atoms with van der Waals surface area (Å²) in [5, 5.41) is 9.05. The van der Waals surface area contributed by atoms with Crippen molar-refractivity contribution in [3.05, 3.63) is 16.9 Å². The van der Waals surface area contributed by atoms with Crippen molar-refractivity contribution in [1.82, 2.24) is 9.97 Å². The van der Waals surface area contributed by atoms with Crippen molar-refractivity contribution in [3.63, 3.8) is 0 Å². The van der Waals surface area contributed by atoms with E-state index in [1.807, 2.05) is 0 Å². The number of aromatic nitrogens is 2. The molecule has 0 aliphatic carbocycles. The summed E-state index contributed by atoms with van der Waals surface area (Å²) in [5.74, 6) is 0.779. The zero-order valence-corrected chi connectivity index (χ0v) is 10.7. The van der Waals surface area contributed by atoms with E-state index in [9.17, 15) is 0 Å². The molecule has 1 aliphatic heterocycles. The molecule has 2 heterocycles. The number of anilines is 1. The summed E-state index contributed by atoms with van der Waals surface area (Å²) in [6.07, 6.45) is 7.89. The SMILES string of the molecule is OCCC1CCCCN1c1ncc(Br)cn1. The molecule has 0 spiro atoms. The van der Waals surface area contributed by atoms with Crippen LogP contribution in [0.25, 0.3) is 0 Å². The molecule has 1 atom stereocenters. The van der Waals surface area contributed by atoms with Crippen LogP contribution in [-0.4, -0.2) is 34.3 Å². The Balaban J connectivity index is 2.13. The number of piperidine rings is 1. The Morgan fingerprint density at radius 1 is 1.38 bits per heavy atom. The molecule has 1 aromatic heterocycles. The Labute approximate surface area is 104 Å². The Bertz CT molecular complexity index is 329. The van der Waals surface area contributed by atoms with E-state index in [1.54, 1.807) is 12.4 Å². The van der Waals surface area contributed by atoms with E-state index in [0.29, 0.717) is 6.04 Å². The molecule has 1 saturated heterocycles. The highest BCUT2D eigenvalue weighted by molar-refractivity contribution is 9.10. The fourth-order valence-electron chi connectivity index (χ4n) is 2.17. The third-order valence-electron chi connectivity index (χ3n) is 2.95. The standard InChI is InChI=1S/C11H16BrN3O/c12-9-7-13-11(14-8-9)15-5-2-1-3-10(15)4-6-16/h7-8,10,16H,1-6H2. The maximum atomic E-state index is 9.05. The van der Waals surface area contributed by atoms with Gasteiger partial charge in [-0.05, 0) is 41.6 Å². The smallest absolute Gasteiger partial charge is 0.225 e. The predicted molar refractivity (Wildman–Crippen MR) is 66.4 cm³/mol. The van der Waals surface area contributed by atoms with Gasteiger partial charge in [0.05, 0.1) is 4.47 Å². The molecular weight excluding hydrogens is 270 g/mol. The Hall–Kier alpha value is -0.680. The summed E-state index contributed by atoms with van der Waals surface area (Å²) in [6, 6.07) is 0.389. The first-order valence-corrected chi connectivity index (χ1v) is 6.45. The van der Waals surface area contributed by atoms with Gasteiger partial charge >= 0.3 is 0 Å². The molecule has 0 amide bonds. The topological polar surface area (TPSA) is 49.2 Å². The van der Waals surface area contributed by atoms with Crippen LogP contribution in [0.2, 0.25) is 0 Å². The van der Waals surface area contributed by atoms with E-state index in [1.165, 1.54) is 12.8 Å². The molecule has 5 heteroatoms. The number of nitrogens with zero attached hydrogens (tertiary/aromatic N) is 3. The van der Waals surface area contributed by atoms with E-state index >= 15 is 0 Å². The molecule has 1 aromatic rings. The van der Waals surface area contributed by atoms with Gasteiger partial charge in [-0.25, -0.2) is 9.97 Å². The highest BCUT2D eigenvalue weighted by Gasteiger charge is 2.23. The highest BCUT2D eigenvalue weighted by atomic mass is 79.9. The van der Waals surface area contributed by atoms with Crippen LogP contribution in [-0.2, 0) is 0 Å². The number of hydrogen-bond acceptors (Lipinski definition) is 4. The Kier molecular flexibility index (Phi) is 4.12. The highest BCUT2D eigenvalue weighted by Crippen LogP contribution is 2.23. The lowest BCUT2D eigenvalue weighted by atomic mass is 10.0. The fourth-order valence-corrected chi connectivity index (χ4v) is 2.37. The number of halogens is 1. The molecule has 1 N–H and O–H groups in total. The molecule has 2 rings (SSSR count). The number of hydrogen-bond donors (Lipinski definition) is 1. The second-order valence-electron chi connectivity index (χ2n) is 4.06. The molecule has 88 valence electrons. The first-order valence-electron chi connectivity index (χ1n) is 5.66. The summed E-state index contributed by atoms with van der Waals surface area (Å²) in [4.78, 5) is 10.9. The lowest BCUT2D eigenvalue weighted by Crippen LogP contribution is -2.41. The summed E-state index contributed by atoms with van der Waals surface area (Å²) in [7, 11) is 0. The van der Waals surface area contributed by atoms with E-state index in [0.717, 1.165) is 29.8 Å². The van der Waals surface area contributed by atoms with Crippen molar-refractivity contribution in [2.45, 2.75) is 31.7 Å². The zero-order chi connectivity index (χ0) is 11.4. The minimum atomic E-state index is 0.234. The van der Waals surface area contributed by atoms with Gasteiger partial charge in [-0.1, -0.05) is 0 Å². The van der Waals surface area contributed by atoms with E-state index in [4.69, 9.17) is 5.11 Å². The minimum Gasteiger partial charge on any atom is -0.396 e. The monoisotopic (exact) mass is 285 g/mol. The second-order valence-corrected chi connectivity index (χ2v) is 4.97. The molecule has 1 unspecified atom stereocenters. The van der Waals surface area contributed by atoms with Crippen molar-refractivity contribution in [1.29, 1.82) is 0 Å². The van der Waals surface area contributed by atoms with Crippen LogP contribution in [0.15, 0.2) is 16.9 Å². The molecular formula is C11H16BrN3O. The van der Waals surface area contributed by atoms with Gasteiger partial charge in [0.15, 0.2) is 0 Å². The molecule has 4 nitrogen and oxygen atoms in total. The van der Waals surface area contributed by atoms with Gasteiger partial charge in [0, 0.05) is 31.6 Å². The maximum Gasteiger partial charge on any atom is 0.225 e. The van der Waals surface area contributed by atoms with E-state index in [-0.39, 0.29) is 6.61 Å². The van der Waals surface area contributed by atoms with Gasteiger partial charge < -0.3 is 10.0 Å². The average molecular weight is 286 g/mol. The van der Waals surface area contributed by atoms with Gasteiger partial charge in [0.25, 0.3) is 0 Å². The van der Waals surface area contributed by atoms with Crippen LogP contribution in [0.4, 0.5) is 5.95 Å². The van der Waals surface area contributed by atoms with E-state index in [2.05, 4.69) is 30.8 Å². The maximum absolute atomic E-state index is 9.05. The first-order chi connectivity index (χ1) is 7.81. The van der Waals surface area contributed by atoms with Crippen molar-refractivity contribution in [3.8, 4) is 0 Å². The van der Waals surface area contributed by atoms with Crippen molar-refractivity contribution in [2.24, 2.45) is 0 Å². The lowest BCUT2D eigenvalue weighted by Gasteiger charge is -2.35. The summed E-state index contributed by atoms with van der Waals surface area (Å²) in [6.45, 7) is 1.23. The molecule has 0 bridgehead atoms. The second kappa shape index (κ2) is 5.59. The summed E-state index contributed by atoms with van der Waals surface area (Å²) >= 11 is 3.33. The van der Waals surface area contributed by atoms with Crippen LogP contribution >= 0.6 is 15.9 Å². The van der Waals surface area contributed by atoms with Crippen molar-refractivity contribution in [2.75, 3.05) is 18.1 Å². The third kappa shape index (κ3) is 2.71. The Morgan fingerprint density at radius 2 is 2.12 bits per heavy atom. The number of aliphatic hydroxyl groups is 1. The molecule has 0 saturated carbocycles. The zero-order valence-electron chi connectivity index (χ0n) is 9.14. The molecule has 1 aliphatic rings. The third-order valence-corrected chi connectivity index (χ3v) is 3.36. The van der Waals surface area contributed by atoms with Crippen LogP contribution in [0.1, 0.15) is 25.7 Å². The summed E-state index contributed by atoms with van der Waals surface area (Å²) in [5.41, 5.74) is 0. The van der Waals surface area contributed by atoms with Crippen molar-refractivity contribution >= 4 is 21.9 Å². The minimum absolute atomic E-state index is 0.234. The van der Waals surface area contributed by atoms with Gasteiger partial charge in [-0.3, -0.25) is 0 Å². The predicted octanol–water partition coefficient (Wildman–Crippen LogP) is 1.98. The summed E-state index contributed by atoms with van der Waals surface area (Å²) < 4.78 is 0.895. The van der Waals surface area contributed by atoms with Crippen LogP contribution < -0.4 is 4.90 Å². The molecule has 0 radical (unpaired) electrons. The van der Waals surface area contributed by atoms with Gasteiger partial charge in [-0.2, -0.15) is 0 Å². The van der Waals surface area contributed by atoms with Gasteiger partial charge in [-0.15, -0.1) is 0 Å². The van der Waals surface area contributed by atoms with Crippen LogP contribution in [0.3, 0.4) is 0 Å². The number of rotatable bonds is 3. The molecule has 16 heavy (non-hydrogen) atoms. The van der Waals surface area contributed by atoms with Crippen molar-refractivity contribution < 1.29 is 5.11 Å². The van der Waals surface area contributed by atoms with Gasteiger partial charge in [0.2, 0.25) is 5.95 Å². The largest absolute Gasteiger partial charge is 0.396 e. The average Bonchev–Trinajstić information content (AvgIpc) is 2.32. The normalized spacial score (nSPS) is 21.1. The molecule has 1 fully saturated rings.